The van der Waals surface area contributed by atoms with Crippen LogP contribution in [0.2, 0.25) is 0 Å². The fourth-order valence-electron chi connectivity index (χ4n) is 1.79. The number of urea groups is 1. The number of rotatable bonds is 4. The molecule has 4 heteroatoms. The van der Waals surface area contributed by atoms with Crippen LogP contribution in [-0.4, -0.2) is 19.2 Å². The van der Waals surface area contributed by atoms with E-state index < -0.39 is 0 Å². The van der Waals surface area contributed by atoms with E-state index in [0.717, 1.165) is 16.8 Å². The topological polar surface area (TPSA) is 61.0 Å². The first-order valence-electron chi connectivity index (χ1n) is 6.08. The van der Waals surface area contributed by atoms with Crippen LogP contribution in [0.25, 0.3) is 11.1 Å². The summed E-state index contributed by atoms with van der Waals surface area (Å²) in [7, 11) is 0. The number of anilines is 1. The first-order valence-corrected chi connectivity index (χ1v) is 6.08. The standard InChI is InChI=1S/C15H15N2O2/c18-11-10-16-15(19)17-14-9-5-4-8-13(14)12-6-2-1-3-7-12/h1-9H,10-11H2,(H2,16,17,19). The molecule has 2 aromatic rings. The minimum absolute atomic E-state index is 0.124. The summed E-state index contributed by atoms with van der Waals surface area (Å²) in [6, 6.07) is 17.0. The third-order valence-corrected chi connectivity index (χ3v) is 2.65. The molecule has 2 N–H and O–H groups in total. The summed E-state index contributed by atoms with van der Waals surface area (Å²) in [6.45, 7) is -0.201. The summed E-state index contributed by atoms with van der Waals surface area (Å²) < 4.78 is 0. The molecule has 0 fully saturated rings. The van der Waals surface area contributed by atoms with Crippen LogP contribution in [0.1, 0.15) is 0 Å². The molecule has 1 radical (unpaired) electrons. The number of nitrogens with one attached hydrogen (secondary N) is 2. The third kappa shape index (κ3) is 3.56. The molecule has 0 saturated carbocycles. The molecule has 19 heavy (non-hydrogen) atoms. The van der Waals surface area contributed by atoms with Crippen molar-refractivity contribution in [2.75, 3.05) is 18.5 Å². The maximum Gasteiger partial charge on any atom is 0.319 e. The number of benzene rings is 2. The maximum absolute atomic E-state index is 11.6. The zero-order valence-electron chi connectivity index (χ0n) is 10.4. The number of hydrogen-bond donors (Lipinski definition) is 2. The highest BCUT2D eigenvalue weighted by molar-refractivity contribution is 5.94. The highest BCUT2D eigenvalue weighted by Gasteiger charge is 2.07. The van der Waals surface area contributed by atoms with Crippen LogP contribution in [0.5, 0.6) is 0 Å². The molecule has 0 aliphatic heterocycles. The highest BCUT2D eigenvalue weighted by Crippen LogP contribution is 2.27. The maximum atomic E-state index is 11.6. The molecule has 0 heterocycles. The molecule has 0 aliphatic carbocycles. The molecule has 0 unspecified atom stereocenters. The van der Waals surface area contributed by atoms with Crippen molar-refractivity contribution in [1.29, 1.82) is 0 Å². The van der Waals surface area contributed by atoms with E-state index in [4.69, 9.17) is 0 Å². The SMILES string of the molecule is [O]CCNC(=O)Nc1ccccc1-c1ccccc1. The van der Waals surface area contributed by atoms with Gasteiger partial charge < -0.3 is 10.6 Å². The molecule has 4 nitrogen and oxygen atoms in total. The summed E-state index contributed by atoms with van der Waals surface area (Å²) >= 11 is 0. The molecule has 0 aliphatic rings. The lowest BCUT2D eigenvalue weighted by molar-refractivity contribution is 0.193. The van der Waals surface area contributed by atoms with Crippen molar-refractivity contribution in [2.24, 2.45) is 0 Å². The van der Waals surface area contributed by atoms with Crippen LogP contribution < -0.4 is 10.6 Å². The summed E-state index contributed by atoms with van der Waals surface area (Å²) in [4.78, 5) is 11.6. The van der Waals surface area contributed by atoms with Gasteiger partial charge in [-0.3, -0.25) is 0 Å². The number of carbonyl (C=O) groups excluding carboxylic acids is 1. The van der Waals surface area contributed by atoms with Gasteiger partial charge in [0.2, 0.25) is 0 Å². The Bertz CT molecular complexity index is 541. The van der Waals surface area contributed by atoms with Crippen molar-refractivity contribution in [1.82, 2.24) is 5.32 Å². The van der Waals surface area contributed by atoms with Crippen LogP contribution >= 0.6 is 0 Å². The normalized spacial score (nSPS) is 9.95. The number of para-hydroxylation sites is 1. The smallest absolute Gasteiger partial charge is 0.319 e. The van der Waals surface area contributed by atoms with Crippen LogP contribution in [0, 0.1) is 0 Å². The molecule has 97 valence electrons. The van der Waals surface area contributed by atoms with Crippen molar-refractivity contribution >= 4 is 11.7 Å². The van der Waals surface area contributed by atoms with E-state index in [-0.39, 0.29) is 19.2 Å². The molecule has 2 amide bonds. The first-order chi connectivity index (χ1) is 9.31. The summed E-state index contributed by atoms with van der Waals surface area (Å²) in [5.41, 5.74) is 2.69. The predicted molar refractivity (Wildman–Crippen MR) is 74.5 cm³/mol. The monoisotopic (exact) mass is 255 g/mol. The van der Waals surface area contributed by atoms with Gasteiger partial charge in [0.05, 0.1) is 12.3 Å². The van der Waals surface area contributed by atoms with Crippen molar-refractivity contribution in [3.63, 3.8) is 0 Å². The van der Waals surface area contributed by atoms with Gasteiger partial charge in [-0.05, 0) is 11.6 Å². The van der Waals surface area contributed by atoms with Crippen LogP contribution in [0.15, 0.2) is 54.6 Å². The molecular formula is C15H15N2O2. The lowest BCUT2D eigenvalue weighted by atomic mass is 10.0. The summed E-state index contributed by atoms with van der Waals surface area (Å²) in [5.74, 6) is 0. The van der Waals surface area contributed by atoms with Gasteiger partial charge in [0.1, 0.15) is 0 Å². The predicted octanol–water partition coefficient (Wildman–Crippen LogP) is 2.91. The lowest BCUT2D eigenvalue weighted by Gasteiger charge is -2.11. The van der Waals surface area contributed by atoms with E-state index >= 15 is 0 Å². The fourth-order valence-corrected chi connectivity index (χ4v) is 1.79. The zero-order valence-corrected chi connectivity index (χ0v) is 10.4. The van der Waals surface area contributed by atoms with E-state index in [1.54, 1.807) is 0 Å². The van der Waals surface area contributed by atoms with E-state index in [9.17, 15) is 9.90 Å². The Morgan fingerprint density at radius 2 is 1.63 bits per heavy atom. The van der Waals surface area contributed by atoms with Crippen LogP contribution in [0.3, 0.4) is 0 Å². The third-order valence-electron chi connectivity index (χ3n) is 2.65. The molecule has 2 aromatic carbocycles. The van der Waals surface area contributed by atoms with Gasteiger partial charge in [-0.25, -0.2) is 9.90 Å². The van der Waals surface area contributed by atoms with Gasteiger partial charge in [0.15, 0.2) is 0 Å². The Labute approximate surface area is 112 Å². The summed E-state index contributed by atoms with van der Waals surface area (Å²) in [5, 5.41) is 15.6. The zero-order chi connectivity index (χ0) is 13.5. The largest absolute Gasteiger partial charge is 0.335 e. The van der Waals surface area contributed by atoms with E-state index in [1.807, 2.05) is 54.6 Å². The Kier molecular flexibility index (Phi) is 4.53. The van der Waals surface area contributed by atoms with Gasteiger partial charge in [0.25, 0.3) is 0 Å². The van der Waals surface area contributed by atoms with Gasteiger partial charge in [0, 0.05) is 12.1 Å². The lowest BCUT2D eigenvalue weighted by Crippen LogP contribution is -2.30. The van der Waals surface area contributed by atoms with Gasteiger partial charge in [-0.1, -0.05) is 48.5 Å². The quantitative estimate of drug-likeness (QED) is 0.867. The average molecular weight is 255 g/mol. The highest BCUT2D eigenvalue weighted by atomic mass is 16.3. The average Bonchev–Trinajstić information content (AvgIpc) is 2.46. The molecule has 0 spiro atoms. The van der Waals surface area contributed by atoms with Crippen LogP contribution in [-0.2, 0) is 5.11 Å². The molecule has 0 aromatic heterocycles. The second-order valence-electron chi connectivity index (χ2n) is 4.00. The second kappa shape index (κ2) is 6.56. The van der Waals surface area contributed by atoms with Crippen molar-refractivity contribution < 1.29 is 9.90 Å². The van der Waals surface area contributed by atoms with Crippen LogP contribution in [0.4, 0.5) is 10.5 Å². The molecule has 0 atom stereocenters. The molecule has 2 rings (SSSR count). The van der Waals surface area contributed by atoms with Gasteiger partial charge >= 0.3 is 6.03 Å². The second-order valence-corrected chi connectivity index (χ2v) is 4.00. The number of amides is 2. The van der Waals surface area contributed by atoms with Crippen molar-refractivity contribution in [3.8, 4) is 11.1 Å². The fraction of sp³-hybridized carbons (Fsp3) is 0.133. The van der Waals surface area contributed by atoms with Gasteiger partial charge in [-0.15, -0.1) is 0 Å². The summed E-state index contributed by atoms with van der Waals surface area (Å²) in [6.07, 6.45) is 0. The number of hydrogen-bond acceptors (Lipinski definition) is 1. The van der Waals surface area contributed by atoms with E-state index in [2.05, 4.69) is 10.6 Å². The molecular weight excluding hydrogens is 240 g/mol. The van der Waals surface area contributed by atoms with Crippen molar-refractivity contribution in [2.45, 2.75) is 0 Å². The Hall–Kier alpha value is -2.33. The Morgan fingerprint density at radius 1 is 0.947 bits per heavy atom. The van der Waals surface area contributed by atoms with Gasteiger partial charge in [-0.2, -0.15) is 0 Å². The Morgan fingerprint density at radius 3 is 2.37 bits per heavy atom. The molecule has 0 bridgehead atoms. The van der Waals surface area contributed by atoms with E-state index in [0.29, 0.717) is 0 Å². The minimum Gasteiger partial charge on any atom is -0.335 e. The molecule has 0 saturated heterocycles. The number of carbonyl (C=O) groups is 1. The first kappa shape index (κ1) is 13.1. The van der Waals surface area contributed by atoms with E-state index in [1.165, 1.54) is 0 Å². The van der Waals surface area contributed by atoms with Crippen molar-refractivity contribution in [3.05, 3.63) is 54.6 Å². The Balaban J connectivity index is 2.20. The minimum atomic E-state index is -0.362.